The number of rotatable bonds is 3. The zero-order valence-corrected chi connectivity index (χ0v) is 12.2. The van der Waals surface area contributed by atoms with Crippen molar-refractivity contribution in [1.82, 2.24) is 15.5 Å². The van der Waals surface area contributed by atoms with Gasteiger partial charge in [-0.3, -0.25) is 9.59 Å². The average molecular weight is 279 g/mol. The summed E-state index contributed by atoms with van der Waals surface area (Å²) in [6.45, 7) is 3.46. The lowest BCUT2D eigenvalue weighted by molar-refractivity contribution is -0.137. The molecule has 112 valence electrons. The first-order valence-corrected chi connectivity index (χ1v) is 8.01. The minimum absolute atomic E-state index is 0.118. The van der Waals surface area contributed by atoms with Crippen molar-refractivity contribution in [1.29, 1.82) is 0 Å². The zero-order valence-electron chi connectivity index (χ0n) is 12.2. The van der Waals surface area contributed by atoms with Gasteiger partial charge in [0.1, 0.15) is 0 Å². The fraction of sp³-hybridized carbons (Fsp3) is 0.867. The molecular formula is C15H25N3O2. The fourth-order valence-electron chi connectivity index (χ4n) is 3.91. The normalized spacial score (nSPS) is 33.5. The number of carbonyl (C=O) groups excluding carboxylic acids is 2. The Labute approximate surface area is 120 Å². The van der Waals surface area contributed by atoms with Crippen LogP contribution in [0.1, 0.15) is 45.4 Å². The van der Waals surface area contributed by atoms with Crippen LogP contribution in [-0.2, 0) is 9.59 Å². The van der Waals surface area contributed by atoms with E-state index in [1.54, 1.807) is 0 Å². The molecule has 0 radical (unpaired) electrons. The summed E-state index contributed by atoms with van der Waals surface area (Å²) in [5, 5.41) is 6.57. The number of piperidine rings is 1. The Kier molecular flexibility index (Phi) is 3.96. The summed E-state index contributed by atoms with van der Waals surface area (Å²) in [5.41, 5.74) is 0. The Balaban J connectivity index is 1.48. The molecule has 0 saturated carbocycles. The van der Waals surface area contributed by atoms with E-state index in [1.165, 1.54) is 6.42 Å². The topological polar surface area (TPSA) is 61.4 Å². The van der Waals surface area contributed by atoms with Crippen LogP contribution in [0.5, 0.6) is 0 Å². The highest BCUT2D eigenvalue weighted by atomic mass is 16.2. The van der Waals surface area contributed by atoms with Crippen molar-refractivity contribution in [2.75, 3.05) is 13.1 Å². The van der Waals surface area contributed by atoms with Gasteiger partial charge in [-0.25, -0.2) is 0 Å². The molecule has 0 aromatic carbocycles. The Bertz CT molecular complexity index is 391. The molecule has 20 heavy (non-hydrogen) atoms. The van der Waals surface area contributed by atoms with Crippen LogP contribution in [0.15, 0.2) is 0 Å². The second-order valence-corrected chi connectivity index (χ2v) is 6.41. The quantitative estimate of drug-likeness (QED) is 0.797. The van der Waals surface area contributed by atoms with E-state index >= 15 is 0 Å². The van der Waals surface area contributed by atoms with E-state index in [1.807, 2.05) is 11.8 Å². The molecule has 2 N–H and O–H groups in total. The first-order valence-electron chi connectivity index (χ1n) is 8.01. The van der Waals surface area contributed by atoms with E-state index in [4.69, 9.17) is 0 Å². The number of hydrogen-bond donors (Lipinski definition) is 2. The van der Waals surface area contributed by atoms with E-state index in [-0.39, 0.29) is 17.9 Å². The minimum Gasteiger partial charge on any atom is -0.353 e. The Morgan fingerprint density at radius 1 is 1.20 bits per heavy atom. The molecule has 3 aliphatic rings. The third-order valence-corrected chi connectivity index (χ3v) is 5.11. The number of fused-ring (bicyclic) bond motifs is 2. The smallest absolute Gasteiger partial charge is 0.227 e. The van der Waals surface area contributed by atoms with Crippen molar-refractivity contribution < 1.29 is 9.59 Å². The summed E-state index contributed by atoms with van der Waals surface area (Å²) in [5.74, 6) is 0.660. The van der Waals surface area contributed by atoms with Gasteiger partial charge in [0, 0.05) is 37.6 Å². The Morgan fingerprint density at radius 3 is 2.50 bits per heavy atom. The molecule has 3 heterocycles. The lowest BCUT2D eigenvalue weighted by Gasteiger charge is -2.35. The largest absolute Gasteiger partial charge is 0.353 e. The minimum atomic E-state index is 0.118. The van der Waals surface area contributed by atoms with Crippen molar-refractivity contribution in [3.05, 3.63) is 0 Å². The molecule has 2 amide bonds. The standard InChI is InChI=1S/C15H25N3O2/c1-2-14(19)17-10-5-7-18(8-6-10)15(20)12-9-11-3-4-13(12)16-11/h10-13,16H,2-9H2,1H3,(H,17,19). The molecule has 3 fully saturated rings. The van der Waals surface area contributed by atoms with Crippen LogP contribution in [0.2, 0.25) is 0 Å². The number of likely N-dealkylation sites (tertiary alicyclic amines) is 1. The molecule has 0 aliphatic carbocycles. The van der Waals surface area contributed by atoms with Crippen LogP contribution in [0, 0.1) is 5.92 Å². The first kappa shape index (κ1) is 13.9. The second-order valence-electron chi connectivity index (χ2n) is 6.41. The summed E-state index contributed by atoms with van der Waals surface area (Å²) in [6, 6.07) is 1.25. The van der Waals surface area contributed by atoms with Crippen molar-refractivity contribution in [3.8, 4) is 0 Å². The lowest BCUT2D eigenvalue weighted by Crippen LogP contribution is -2.49. The maximum atomic E-state index is 12.6. The predicted octanol–water partition coefficient (Wildman–Crippen LogP) is 0.644. The maximum absolute atomic E-state index is 12.6. The van der Waals surface area contributed by atoms with E-state index in [2.05, 4.69) is 10.6 Å². The fourth-order valence-corrected chi connectivity index (χ4v) is 3.91. The summed E-state index contributed by atoms with van der Waals surface area (Å²) >= 11 is 0. The highest BCUT2D eigenvalue weighted by Crippen LogP contribution is 2.34. The van der Waals surface area contributed by atoms with Gasteiger partial charge in [0.25, 0.3) is 0 Å². The molecule has 2 bridgehead atoms. The summed E-state index contributed by atoms with van der Waals surface area (Å²) in [6.07, 6.45) is 5.74. The third-order valence-electron chi connectivity index (χ3n) is 5.11. The number of nitrogens with zero attached hydrogens (tertiary/aromatic N) is 1. The van der Waals surface area contributed by atoms with Crippen molar-refractivity contribution >= 4 is 11.8 Å². The van der Waals surface area contributed by atoms with Crippen LogP contribution >= 0.6 is 0 Å². The van der Waals surface area contributed by atoms with Gasteiger partial charge in [-0.15, -0.1) is 0 Å². The van der Waals surface area contributed by atoms with Crippen LogP contribution < -0.4 is 10.6 Å². The molecule has 3 unspecified atom stereocenters. The number of hydrogen-bond acceptors (Lipinski definition) is 3. The molecule has 3 saturated heterocycles. The lowest BCUT2D eigenvalue weighted by atomic mass is 9.87. The number of carbonyl (C=O) groups is 2. The highest BCUT2D eigenvalue weighted by molar-refractivity contribution is 5.80. The predicted molar refractivity (Wildman–Crippen MR) is 76.1 cm³/mol. The maximum Gasteiger partial charge on any atom is 0.227 e. The van der Waals surface area contributed by atoms with Crippen molar-refractivity contribution in [3.63, 3.8) is 0 Å². The third kappa shape index (κ3) is 2.68. The summed E-state index contributed by atoms with van der Waals surface area (Å²) in [4.78, 5) is 26.0. The molecule has 0 spiro atoms. The molecule has 3 rings (SSSR count). The van der Waals surface area contributed by atoms with Gasteiger partial charge in [0.05, 0.1) is 5.92 Å². The van der Waals surface area contributed by atoms with Gasteiger partial charge in [-0.1, -0.05) is 6.92 Å². The average Bonchev–Trinajstić information content (AvgIpc) is 3.10. The van der Waals surface area contributed by atoms with Crippen molar-refractivity contribution in [2.45, 2.75) is 63.6 Å². The molecule has 3 aliphatic heterocycles. The van der Waals surface area contributed by atoms with E-state index in [0.717, 1.165) is 38.8 Å². The van der Waals surface area contributed by atoms with Gasteiger partial charge in [-0.05, 0) is 32.1 Å². The molecule has 0 aromatic rings. The Hall–Kier alpha value is -1.10. The second kappa shape index (κ2) is 5.72. The monoisotopic (exact) mass is 279 g/mol. The van der Waals surface area contributed by atoms with Crippen molar-refractivity contribution in [2.24, 2.45) is 5.92 Å². The molecule has 5 heteroatoms. The molecule has 3 atom stereocenters. The van der Waals surface area contributed by atoms with Crippen LogP contribution in [0.3, 0.4) is 0 Å². The van der Waals surface area contributed by atoms with Crippen LogP contribution in [0.25, 0.3) is 0 Å². The molecule has 0 aromatic heterocycles. The molecular weight excluding hydrogens is 254 g/mol. The van der Waals surface area contributed by atoms with E-state index < -0.39 is 0 Å². The van der Waals surface area contributed by atoms with E-state index in [9.17, 15) is 9.59 Å². The first-order chi connectivity index (χ1) is 9.67. The Morgan fingerprint density at radius 2 is 1.95 bits per heavy atom. The molecule has 5 nitrogen and oxygen atoms in total. The van der Waals surface area contributed by atoms with Crippen LogP contribution in [0.4, 0.5) is 0 Å². The van der Waals surface area contributed by atoms with Gasteiger partial charge in [-0.2, -0.15) is 0 Å². The summed E-state index contributed by atoms with van der Waals surface area (Å²) < 4.78 is 0. The van der Waals surface area contributed by atoms with Crippen LogP contribution in [-0.4, -0.2) is 47.9 Å². The van der Waals surface area contributed by atoms with Gasteiger partial charge >= 0.3 is 0 Å². The van der Waals surface area contributed by atoms with Gasteiger partial charge < -0.3 is 15.5 Å². The SMILES string of the molecule is CCC(=O)NC1CCN(C(=O)C2CC3CCC2N3)CC1. The summed E-state index contributed by atoms with van der Waals surface area (Å²) in [7, 11) is 0. The number of nitrogens with one attached hydrogen (secondary N) is 2. The number of amides is 2. The zero-order chi connectivity index (χ0) is 14.1. The van der Waals surface area contributed by atoms with E-state index in [0.29, 0.717) is 24.4 Å². The van der Waals surface area contributed by atoms with Gasteiger partial charge in [0.15, 0.2) is 0 Å². The van der Waals surface area contributed by atoms with Gasteiger partial charge in [0.2, 0.25) is 11.8 Å². The highest BCUT2D eigenvalue weighted by Gasteiger charge is 2.44.